The molecule has 1 aromatic heterocycles. The zero-order valence-electron chi connectivity index (χ0n) is 25.9. The highest BCUT2D eigenvalue weighted by Gasteiger charge is 2.18. The summed E-state index contributed by atoms with van der Waals surface area (Å²) in [6.07, 6.45) is 1.60. The minimum absolute atomic E-state index is 0.0730. The lowest BCUT2D eigenvalue weighted by molar-refractivity contribution is -0.115. The van der Waals surface area contributed by atoms with E-state index in [0.717, 1.165) is 16.2 Å². The van der Waals surface area contributed by atoms with E-state index in [2.05, 4.69) is 20.9 Å². The van der Waals surface area contributed by atoms with Crippen LogP contribution in [0.25, 0.3) is 17.3 Å². The standard InChI is InChI=1S/C36H32N4O5S2/c1-23(33(41)40-36-39-31(22-46-36)29-11-7-8-12-32(29)45-3)47-28-19-15-26(16-20-28)37-35(43)30(21-24-13-17-27(44-2)18-14-24)38-34(42)25-9-5-4-6-10-25/h4-23H,1-3H3,(H,37,43)(H,38,42)(H,39,40,41)/b30-21-. The Morgan fingerprint density at radius 2 is 1.53 bits per heavy atom. The molecule has 47 heavy (non-hydrogen) atoms. The SMILES string of the molecule is COc1ccc(/C=C(\NC(=O)c2ccccc2)C(=O)Nc2ccc(SC(C)C(=O)Nc3nc(-c4ccccc4OC)cs3)cc2)cc1. The Morgan fingerprint density at radius 3 is 2.23 bits per heavy atom. The second-order valence-electron chi connectivity index (χ2n) is 10.1. The molecule has 0 saturated heterocycles. The summed E-state index contributed by atoms with van der Waals surface area (Å²) < 4.78 is 10.6. The Balaban J connectivity index is 1.22. The van der Waals surface area contributed by atoms with Gasteiger partial charge in [0.25, 0.3) is 11.8 Å². The maximum atomic E-state index is 13.4. The monoisotopic (exact) mass is 664 g/mol. The number of aromatic nitrogens is 1. The molecule has 0 aliphatic rings. The number of methoxy groups -OCH3 is 2. The fourth-order valence-corrected chi connectivity index (χ4v) is 5.98. The van der Waals surface area contributed by atoms with Crippen LogP contribution < -0.4 is 25.4 Å². The molecule has 1 atom stereocenters. The molecule has 0 aliphatic heterocycles. The smallest absolute Gasteiger partial charge is 0.272 e. The number of thiazole rings is 1. The fourth-order valence-electron chi connectivity index (χ4n) is 4.40. The molecule has 4 aromatic carbocycles. The number of nitrogens with zero attached hydrogens (tertiary/aromatic N) is 1. The normalized spacial score (nSPS) is 11.7. The number of hydrogen-bond acceptors (Lipinski definition) is 8. The third-order valence-corrected chi connectivity index (χ3v) is 8.74. The van der Waals surface area contributed by atoms with Crippen molar-refractivity contribution in [2.24, 2.45) is 0 Å². The predicted octanol–water partition coefficient (Wildman–Crippen LogP) is 7.36. The Bertz CT molecular complexity index is 1870. The molecule has 9 nitrogen and oxygen atoms in total. The number of carbonyl (C=O) groups is 3. The average molecular weight is 665 g/mol. The summed E-state index contributed by atoms with van der Waals surface area (Å²) in [5, 5.41) is 10.4. The Labute approximate surface area is 281 Å². The topological polar surface area (TPSA) is 119 Å². The van der Waals surface area contributed by atoms with Crippen LogP contribution in [0.15, 0.2) is 119 Å². The molecule has 0 fully saturated rings. The molecule has 5 aromatic rings. The van der Waals surface area contributed by atoms with Gasteiger partial charge in [-0.1, -0.05) is 42.5 Å². The number of anilines is 2. The van der Waals surface area contributed by atoms with Gasteiger partial charge in [0, 0.05) is 27.1 Å². The first-order valence-electron chi connectivity index (χ1n) is 14.5. The van der Waals surface area contributed by atoms with E-state index in [-0.39, 0.29) is 11.6 Å². The molecule has 1 unspecified atom stereocenters. The highest BCUT2D eigenvalue weighted by atomic mass is 32.2. The zero-order chi connectivity index (χ0) is 33.2. The van der Waals surface area contributed by atoms with E-state index in [1.54, 1.807) is 81.0 Å². The van der Waals surface area contributed by atoms with Crippen LogP contribution in [0.3, 0.4) is 0 Å². The van der Waals surface area contributed by atoms with Crippen molar-refractivity contribution in [2.75, 3.05) is 24.9 Å². The van der Waals surface area contributed by atoms with Crippen molar-refractivity contribution in [3.63, 3.8) is 0 Å². The van der Waals surface area contributed by atoms with Gasteiger partial charge in [-0.05, 0) is 79.2 Å². The van der Waals surface area contributed by atoms with Gasteiger partial charge < -0.3 is 25.4 Å². The summed E-state index contributed by atoms with van der Waals surface area (Å²) in [5.41, 5.74) is 3.30. The molecular formula is C36H32N4O5S2. The lowest BCUT2D eigenvalue weighted by Gasteiger charge is -2.13. The van der Waals surface area contributed by atoms with Gasteiger partial charge in [-0.25, -0.2) is 4.98 Å². The van der Waals surface area contributed by atoms with Crippen LogP contribution >= 0.6 is 23.1 Å². The first-order chi connectivity index (χ1) is 22.8. The second kappa shape index (κ2) is 15.7. The van der Waals surface area contributed by atoms with Crippen LogP contribution in [0, 0.1) is 0 Å². The lowest BCUT2D eigenvalue weighted by atomic mass is 10.1. The van der Waals surface area contributed by atoms with Crippen molar-refractivity contribution in [1.29, 1.82) is 0 Å². The van der Waals surface area contributed by atoms with E-state index < -0.39 is 17.1 Å². The largest absolute Gasteiger partial charge is 0.497 e. The van der Waals surface area contributed by atoms with Crippen LogP contribution in [0.4, 0.5) is 10.8 Å². The summed E-state index contributed by atoms with van der Waals surface area (Å²) in [6.45, 7) is 1.82. The number of benzene rings is 4. The van der Waals surface area contributed by atoms with Gasteiger partial charge in [-0.3, -0.25) is 14.4 Å². The molecular weight excluding hydrogens is 633 g/mol. The van der Waals surface area contributed by atoms with Crippen molar-refractivity contribution in [1.82, 2.24) is 10.3 Å². The Morgan fingerprint density at radius 1 is 0.830 bits per heavy atom. The maximum absolute atomic E-state index is 13.4. The number of amides is 3. The number of carbonyl (C=O) groups excluding carboxylic acids is 3. The van der Waals surface area contributed by atoms with Gasteiger partial charge in [0.15, 0.2) is 5.13 Å². The number of rotatable bonds is 12. The average Bonchev–Trinajstić information content (AvgIpc) is 3.57. The Hall–Kier alpha value is -5.39. The van der Waals surface area contributed by atoms with Gasteiger partial charge in [0.2, 0.25) is 5.91 Å². The van der Waals surface area contributed by atoms with Crippen LogP contribution in [-0.2, 0) is 9.59 Å². The predicted molar refractivity (Wildman–Crippen MR) is 188 cm³/mol. The summed E-state index contributed by atoms with van der Waals surface area (Å²) in [6, 6.07) is 30.5. The fraction of sp³-hybridized carbons (Fsp3) is 0.111. The molecule has 0 radical (unpaired) electrons. The minimum Gasteiger partial charge on any atom is -0.497 e. The summed E-state index contributed by atoms with van der Waals surface area (Å²) in [4.78, 5) is 44.6. The lowest BCUT2D eigenvalue weighted by Crippen LogP contribution is -2.30. The molecule has 5 rings (SSSR count). The van der Waals surface area contributed by atoms with E-state index in [4.69, 9.17) is 9.47 Å². The van der Waals surface area contributed by atoms with Gasteiger partial charge in [0.1, 0.15) is 17.2 Å². The molecule has 3 amide bonds. The van der Waals surface area contributed by atoms with Crippen molar-refractivity contribution in [3.8, 4) is 22.8 Å². The summed E-state index contributed by atoms with van der Waals surface area (Å²) in [5.74, 6) is 0.298. The molecule has 0 spiro atoms. The van der Waals surface area contributed by atoms with E-state index in [1.807, 2.05) is 54.8 Å². The zero-order valence-corrected chi connectivity index (χ0v) is 27.5. The molecule has 3 N–H and O–H groups in total. The molecule has 11 heteroatoms. The van der Waals surface area contributed by atoms with Crippen molar-refractivity contribution in [2.45, 2.75) is 17.1 Å². The Kier molecular flexibility index (Phi) is 11.1. The van der Waals surface area contributed by atoms with E-state index in [1.165, 1.54) is 23.1 Å². The van der Waals surface area contributed by atoms with Crippen molar-refractivity contribution < 1.29 is 23.9 Å². The number of ether oxygens (including phenoxy) is 2. The van der Waals surface area contributed by atoms with Crippen LogP contribution in [0.5, 0.6) is 11.5 Å². The third kappa shape index (κ3) is 8.87. The van der Waals surface area contributed by atoms with Crippen LogP contribution in [0.2, 0.25) is 0 Å². The summed E-state index contributed by atoms with van der Waals surface area (Å²) >= 11 is 2.72. The third-order valence-electron chi connectivity index (χ3n) is 6.87. The van der Waals surface area contributed by atoms with Gasteiger partial charge in [-0.15, -0.1) is 23.1 Å². The highest BCUT2D eigenvalue weighted by molar-refractivity contribution is 8.00. The van der Waals surface area contributed by atoms with Crippen LogP contribution in [0.1, 0.15) is 22.8 Å². The van der Waals surface area contributed by atoms with E-state index in [0.29, 0.717) is 33.4 Å². The van der Waals surface area contributed by atoms with Gasteiger partial charge in [-0.2, -0.15) is 0 Å². The second-order valence-corrected chi connectivity index (χ2v) is 12.4. The van der Waals surface area contributed by atoms with Crippen molar-refractivity contribution >= 4 is 57.7 Å². The van der Waals surface area contributed by atoms with E-state index >= 15 is 0 Å². The number of nitrogens with one attached hydrogen (secondary N) is 3. The number of thioether (sulfide) groups is 1. The molecule has 0 aliphatic carbocycles. The summed E-state index contributed by atoms with van der Waals surface area (Å²) in [7, 11) is 3.18. The first kappa shape index (κ1) is 33.0. The highest BCUT2D eigenvalue weighted by Crippen LogP contribution is 2.32. The maximum Gasteiger partial charge on any atom is 0.272 e. The molecule has 238 valence electrons. The minimum atomic E-state index is -0.491. The number of hydrogen-bond donors (Lipinski definition) is 3. The molecule has 0 bridgehead atoms. The quantitative estimate of drug-likeness (QED) is 0.0943. The molecule has 1 heterocycles. The van der Waals surface area contributed by atoms with E-state index in [9.17, 15) is 14.4 Å². The van der Waals surface area contributed by atoms with Crippen LogP contribution in [-0.4, -0.2) is 42.2 Å². The van der Waals surface area contributed by atoms with Crippen molar-refractivity contribution in [3.05, 3.63) is 125 Å². The number of para-hydroxylation sites is 1. The van der Waals surface area contributed by atoms with Gasteiger partial charge in [0.05, 0.1) is 25.2 Å². The van der Waals surface area contributed by atoms with Gasteiger partial charge >= 0.3 is 0 Å². The first-order valence-corrected chi connectivity index (χ1v) is 16.3. The molecule has 0 saturated carbocycles.